The third-order valence-electron chi connectivity index (χ3n) is 8.99. The van der Waals surface area contributed by atoms with Gasteiger partial charge in [-0.1, -0.05) is 36.4 Å². The molecule has 48 heavy (non-hydrogen) atoms. The highest BCUT2D eigenvalue weighted by Gasteiger charge is 2.21. The number of fused-ring (bicyclic) bond motifs is 4. The van der Waals surface area contributed by atoms with E-state index in [1.54, 1.807) is 24.3 Å². The van der Waals surface area contributed by atoms with Crippen molar-refractivity contribution in [2.24, 2.45) is 0 Å². The number of rotatable bonds is 10. The van der Waals surface area contributed by atoms with Crippen LogP contribution in [-0.2, 0) is 0 Å². The number of hydrogen-bond donors (Lipinski definition) is 2. The maximum absolute atomic E-state index is 14.6. The molecule has 1 fully saturated rings. The highest BCUT2D eigenvalue weighted by atomic mass is 19.2. The first kappa shape index (κ1) is 31.9. The highest BCUT2D eigenvalue weighted by molar-refractivity contribution is 6.08. The van der Waals surface area contributed by atoms with Crippen molar-refractivity contribution in [2.75, 3.05) is 63.0 Å². The maximum atomic E-state index is 14.6. The molecule has 2 N–H and O–H groups in total. The molecule has 0 unspecified atom stereocenters. The molecule has 12 heteroatoms. The number of aromatic nitrogens is 2. The summed E-state index contributed by atoms with van der Waals surface area (Å²) in [5, 5.41) is 8.47. The quantitative estimate of drug-likeness (QED) is 0.0675. The molecule has 248 valence electrons. The third kappa shape index (κ3) is 6.06. The van der Waals surface area contributed by atoms with Gasteiger partial charge < -0.3 is 20.4 Å². The molecule has 7 rings (SSSR count). The van der Waals surface area contributed by atoms with Crippen molar-refractivity contribution in [1.82, 2.24) is 19.8 Å². The van der Waals surface area contributed by atoms with Crippen LogP contribution in [0.1, 0.15) is 12.8 Å². The molecule has 0 bridgehead atoms. The summed E-state index contributed by atoms with van der Waals surface area (Å²) in [5.41, 5.74) is 1.63. The molecule has 0 atom stereocenters. The molecular formula is C36H32F6N6. The number of nitrogens with zero attached hydrogens (tertiary/aromatic N) is 4. The second-order valence-corrected chi connectivity index (χ2v) is 12.0. The van der Waals surface area contributed by atoms with Crippen LogP contribution in [-0.4, -0.2) is 72.1 Å². The van der Waals surface area contributed by atoms with Gasteiger partial charge in [0.1, 0.15) is 11.0 Å². The predicted molar refractivity (Wildman–Crippen MR) is 177 cm³/mol. The zero-order chi connectivity index (χ0) is 33.4. The average molecular weight is 663 g/mol. The first-order valence-corrected chi connectivity index (χ1v) is 15.9. The van der Waals surface area contributed by atoms with Gasteiger partial charge in [-0.3, -0.25) is 0 Å². The van der Waals surface area contributed by atoms with Crippen LogP contribution in [0.3, 0.4) is 0 Å². The fourth-order valence-electron chi connectivity index (χ4n) is 6.52. The van der Waals surface area contributed by atoms with Crippen molar-refractivity contribution in [3.8, 4) is 0 Å². The van der Waals surface area contributed by atoms with Gasteiger partial charge in [0.2, 0.25) is 0 Å². The van der Waals surface area contributed by atoms with E-state index >= 15 is 0 Å². The topological polar surface area (TPSA) is 56.3 Å². The summed E-state index contributed by atoms with van der Waals surface area (Å²) in [5.74, 6) is -8.17. The Balaban J connectivity index is 0.915. The van der Waals surface area contributed by atoms with Gasteiger partial charge >= 0.3 is 0 Å². The van der Waals surface area contributed by atoms with Crippen LogP contribution in [0.15, 0.2) is 60.7 Å². The molecule has 4 aromatic carbocycles. The minimum Gasteiger partial charge on any atom is -0.384 e. The van der Waals surface area contributed by atoms with Crippen molar-refractivity contribution in [3.05, 3.63) is 95.6 Å². The summed E-state index contributed by atoms with van der Waals surface area (Å²) in [6.07, 6.45) is 1.57. The Kier molecular flexibility index (Phi) is 8.93. The molecule has 1 aliphatic heterocycles. The van der Waals surface area contributed by atoms with E-state index in [-0.39, 0.29) is 21.8 Å². The lowest BCUT2D eigenvalue weighted by molar-refractivity contribution is 0.132. The van der Waals surface area contributed by atoms with Gasteiger partial charge in [0.25, 0.3) is 0 Å². The van der Waals surface area contributed by atoms with E-state index in [0.29, 0.717) is 46.3 Å². The molecule has 6 nitrogen and oxygen atoms in total. The Bertz CT molecular complexity index is 2000. The van der Waals surface area contributed by atoms with Gasteiger partial charge in [-0.2, -0.15) is 0 Å². The highest BCUT2D eigenvalue weighted by Crippen LogP contribution is 2.35. The minimum atomic E-state index is -1.53. The van der Waals surface area contributed by atoms with Crippen LogP contribution in [0.4, 0.5) is 37.7 Å². The smallest absolute Gasteiger partial charge is 0.196 e. The maximum Gasteiger partial charge on any atom is 0.196 e. The summed E-state index contributed by atoms with van der Waals surface area (Å²) >= 11 is 0. The first-order chi connectivity index (χ1) is 23.3. The molecule has 1 aliphatic rings. The number of halogens is 6. The Morgan fingerprint density at radius 2 is 0.917 bits per heavy atom. The summed E-state index contributed by atoms with van der Waals surface area (Å²) in [6, 6.07) is 16.2. The summed E-state index contributed by atoms with van der Waals surface area (Å²) in [7, 11) is 0. The van der Waals surface area contributed by atoms with Gasteiger partial charge in [-0.15, -0.1) is 0 Å². The lowest BCUT2D eigenvalue weighted by Gasteiger charge is -2.34. The summed E-state index contributed by atoms with van der Waals surface area (Å²) < 4.78 is 85.4. The van der Waals surface area contributed by atoms with Crippen LogP contribution in [0.25, 0.3) is 43.6 Å². The number of para-hydroxylation sites is 2. The van der Waals surface area contributed by atoms with Gasteiger partial charge in [0.15, 0.2) is 34.9 Å². The Morgan fingerprint density at radius 3 is 1.33 bits per heavy atom. The van der Waals surface area contributed by atoms with E-state index in [4.69, 9.17) is 0 Å². The van der Waals surface area contributed by atoms with Crippen molar-refractivity contribution in [3.63, 3.8) is 0 Å². The second-order valence-electron chi connectivity index (χ2n) is 12.0. The number of piperazine rings is 1. The Morgan fingerprint density at radius 1 is 0.521 bits per heavy atom. The van der Waals surface area contributed by atoms with E-state index in [9.17, 15) is 26.3 Å². The fourth-order valence-corrected chi connectivity index (χ4v) is 6.52. The normalized spacial score (nSPS) is 14.5. The second kappa shape index (κ2) is 13.4. The van der Waals surface area contributed by atoms with Gasteiger partial charge in [0, 0.05) is 60.8 Å². The van der Waals surface area contributed by atoms with Crippen molar-refractivity contribution in [1.29, 1.82) is 0 Å². The molecule has 0 spiro atoms. The monoisotopic (exact) mass is 662 g/mol. The molecule has 0 radical (unpaired) electrons. The van der Waals surface area contributed by atoms with Crippen molar-refractivity contribution < 1.29 is 26.3 Å². The van der Waals surface area contributed by atoms with E-state index in [1.165, 1.54) is 0 Å². The minimum absolute atomic E-state index is 0.201. The van der Waals surface area contributed by atoms with Gasteiger partial charge in [-0.05, 0) is 50.2 Å². The van der Waals surface area contributed by atoms with E-state index in [1.807, 2.05) is 24.3 Å². The summed E-state index contributed by atoms with van der Waals surface area (Å²) in [4.78, 5) is 13.2. The standard InChI is InChI=1S/C36H32F6N6/c37-25-19-23-33(21-7-1-3-9-27(21)45-35(23)31(41)29(25)39)43-11-5-13-47-15-17-48(18-16-47)14-6-12-44-34-22-8-2-4-10-28(22)46-36-24(34)20-26(38)30(40)32(36)42/h1-4,7-10,19-20H,5-6,11-18H2,(H,43,45)(H,44,46). The van der Waals surface area contributed by atoms with Crippen LogP contribution < -0.4 is 10.6 Å². The SMILES string of the molecule is Fc1cc2c(NCCCN3CCN(CCCNc4c5ccccc5nc5c(F)c(F)c(F)cc45)CC3)c3ccccc3nc2c(F)c1F. The van der Waals surface area contributed by atoms with Crippen molar-refractivity contribution >= 4 is 55.0 Å². The number of benzene rings is 4. The molecule has 0 amide bonds. The number of nitrogens with one attached hydrogen (secondary N) is 2. The Labute approximate surface area is 272 Å². The lowest BCUT2D eigenvalue weighted by atomic mass is 10.1. The number of pyridine rings is 2. The molecule has 3 heterocycles. The zero-order valence-electron chi connectivity index (χ0n) is 25.9. The fraction of sp³-hybridized carbons (Fsp3) is 0.278. The first-order valence-electron chi connectivity index (χ1n) is 15.9. The van der Waals surface area contributed by atoms with Crippen LogP contribution in [0.2, 0.25) is 0 Å². The van der Waals surface area contributed by atoms with Gasteiger partial charge in [0.05, 0.1) is 22.4 Å². The third-order valence-corrected chi connectivity index (χ3v) is 8.99. The molecule has 6 aromatic rings. The van der Waals surface area contributed by atoms with Crippen molar-refractivity contribution in [2.45, 2.75) is 12.8 Å². The largest absolute Gasteiger partial charge is 0.384 e. The number of hydrogen-bond acceptors (Lipinski definition) is 6. The zero-order valence-corrected chi connectivity index (χ0v) is 25.9. The van der Waals surface area contributed by atoms with E-state index < -0.39 is 34.9 Å². The Hall–Kier alpha value is -4.68. The molecule has 2 aromatic heterocycles. The predicted octanol–water partition coefficient (Wildman–Crippen LogP) is 7.85. The molecule has 0 aliphatic carbocycles. The van der Waals surface area contributed by atoms with Crippen LogP contribution in [0.5, 0.6) is 0 Å². The van der Waals surface area contributed by atoms with Crippen LogP contribution in [0, 0.1) is 34.9 Å². The van der Waals surface area contributed by atoms with Crippen LogP contribution >= 0.6 is 0 Å². The molecule has 0 saturated carbocycles. The molecule has 1 saturated heterocycles. The summed E-state index contributed by atoms with van der Waals surface area (Å²) in [6.45, 7) is 6.29. The number of anilines is 2. The average Bonchev–Trinajstić information content (AvgIpc) is 3.10. The van der Waals surface area contributed by atoms with E-state index in [2.05, 4.69) is 30.4 Å². The van der Waals surface area contributed by atoms with Gasteiger partial charge in [-0.25, -0.2) is 36.3 Å². The lowest BCUT2D eigenvalue weighted by Crippen LogP contribution is -2.47. The van der Waals surface area contributed by atoms with E-state index in [0.717, 1.165) is 64.2 Å². The molecular weight excluding hydrogens is 630 g/mol.